The maximum Gasteiger partial charge on any atom is 0.265 e. The second-order valence-corrected chi connectivity index (χ2v) is 6.39. The highest BCUT2D eigenvalue weighted by atomic mass is 16.5. The highest BCUT2D eigenvalue weighted by Crippen LogP contribution is 2.28. The lowest BCUT2D eigenvalue weighted by Gasteiger charge is -2.19. The van der Waals surface area contributed by atoms with Gasteiger partial charge in [-0.15, -0.1) is 0 Å². The quantitative estimate of drug-likeness (QED) is 0.842. The van der Waals surface area contributed by atoms with Gasteiger partial charge in [0.1, 0.15) is 5.75 Å². The highest BCUT2D eigenvalue weighted by Gasteiger charge is 2.18. The standard InChI is InChI=1S/C20H24N2O3/c1-12(2)17-10-5-13(3)11-18(17)25-14(4)20(24)22-16-8-6-15(7-9-16)19(21)23/h5-12,14H,1-4H3,(H2,21,23)(H,22,24)/t14-/m1/s1. The first kappa shape index (κ1) is 18.5. The third-order valence-electron chi connectivity index (χ3n) is 3.90. The van der Waals surface area contributed by atoms with Crippen molar-refractivity contribution in [3.05, 3.63) is 59.2 Å². The molecule has 0 spiro atoms. The summed E-state index contributed by atoms with van der Waals surface area (Å²) in [6.07, 6.45) is -0.657. The number of amides is 2. The van der Waals surface area contributed by atoms with Gasteiger partial charge < -0.3 is 15.8 Å². The molecule has 0 saturated carbocycles. The Morgan fingerprint density at radius 2 is 1.68 bits per heavy atom. The van der Waals surface area contributed by atoms with E-state index in [1.54, 1.807) is 31.2 Å². The third kappa shape index (κ3) is 4.83. The van der Waals surface area contributed by atoms with Crippen LogP contribution in [0.4, 0.5) is 5.69 Å². The first-order chi connectivity index (χ1) is 11.8. The van der Waals surface area contributed by atoms with Crippen LogP contribution < -0.4 is 15.8 Å². The van der Waals surface area contributed by atoms with E-state index >= 15 is 0 Å². The fraction of sp³-hybridized carbons (Fsp3) is 0.300. The van der Waals surface area contributed by atoms with Gasteiger partial charge in [0.05, 0.1) is 0 Å². The fourth-order valence-electron chi connectivity index (χ4n) is 2.43. The van der Waals surface area contributed by atoms with Gasteiger partial charge in [-0.2, -0.15) is 0 Å². The number of carbonyl (C=O) groups is 2. The minimum absolute atomic E-state index is 0.261. The largest absolute Gasteiger partial charge is 0.481 e. The molecule has 0 aliphatic heterocycles. The van der Waals surface area contributed by atoms with Gasteiger partial charge in [-0.05, 0) is 61.2 Å². The lowest BCUT2D eigenvalue weighted by Crippen LogP contribution is -2.30. The Morgan fingerprint density at radius 3 is 2.24 bits per heavy atom. The number of rotatable bonds is 6. The number of hydrogen-bond acceptors (Lipinski definition) is 3. The Hall–Kier alpha value is -2.82. The maximum atomic E-state index is 12.4. The topological polar surface area (TPSA) is 81.4 Å². The summed E-state index contributed by atoms with van der Waals surface area (Å²) >= 11 is 0. The van der Waals surface area contributed by atoms with Crippen LogP contribution in [0.5, 0.6) is 5.75 Å². The summed E-state index contributed by atoms with van der Waals surface area (Å²) in [6.45, 7) is 7.87. The van der Waals surface area contributed by atoms with Crippen LogP contribution >= 0.6 is 0 Å². The maximum absolute atomic E-state index is 12.4. The molecule has 0 fully saturated rings. The van der Waals surface area contributed by atoms with Crippen molar-refractivity contribution in [3.63, 3.8) is 0 Å². The normalized spacial score (nSPS) is 11.9. The van der Waals surface area contributed by atoms with Crippen LogP contribution in [0.3, 0.4) is 0 Å². The van der Waals surface area contributed by atoms with Crippen molar-refractivity contribution in [2.45, 2.75) is 39.7 Å². The van der Waals surface area contributed by atoms with Gasteiger partial charge in [0, 0.05) is 11.3 Å². The zero-order valence-corrected chi connectivity index (χ0v) is 15.0. The zero-order valence-electron chi connectivity index (χ0n) is 15.0. The molecule has 2 rings (SSSR count). The van der Waals surface area contributed by atoms with E-state index in [-0.39, 0.29) is 5.91 Å². The van der Waals surface area contributed by atoms with Gasteiger partial charge in [0.2, 0.25) is 5.91 Å². The number of aryl methyl sites for hydroxylation is 1. The summed E-state index contributed by atoms with van der Waals surface area (Å²) in [6, 6.07) is 12.4. The molecule has 5 nitrogen and oxygen atoms in total. The summed E-state index contributed by atoms with van der Waals surface area (Å²) in [5.41, 5.74) is 8.32. The number of ether oxygens (including phenoxy) is 1. The Bertz CT molecular complexity index is 767. The van der Waals surface area contributed by atoms with E-state index in [9.17, 15) is 9.59 Å². The number of benzene rings is 2. The van der Waals surface area contributed by atoms with E-state index in [1.807, 2.05) is 25.1 Å². The first-order valence-electron chi connectivity index (χ1n) is 8.26. The van der Waals surface area contributed by atoms with Gasteiger partial charge in [0.15, 0.2) is 6.10 Å². The van der Waals surface area contributed by atoms with Gasteiger partial charge in [-0.1, -0.05) is 26.0 Å². The van der Waals surface area contributed by atoms with E-state index in [0.29, 0.717) is 17.2 Å². The molecule has 1 atom stereocenters. The van der Waals surface area contributed by atoms with Gasteiger partial charge in [-0.25, -0.2) is 0 Å². The molecule has 5 heteroatoms. The highest BCUT2D eigenvalue weighted by molar-refractivity contribution is 5.96. The molecule has 2 aromatic carbocycles. The molecule has 0 bridgehead atoms. The van der Waals surface area contributed by atoms with Crippen LogP contribution in [-0.2, 0) is 4.79 Å². The summed E-state index contributed by atoms with van der Waals surface area (Å²) in [7, 11) is 0. The molecule has 25 heavy (non-hydrogen) atoms. The number of nitrogens with one attached hydrogen (secondary N) is 1. The minimum atomic E-state index is -0.657. The van der Waals surface area contributed by atoms with Crippen molar-refractivity contribution in [1.82, 2.24) is 0 Å². The molecule has 3 N–H and O–H groups in total. The van der Waals surface area contributed by atoms with Crippen molar-refractivity contribution in [1.29, 1.82) is 0 Å². The van der Waals surface area contributed by atoms with Gasteiger partial charge in [-0.3, -0.25) is 9.59 Å². The zero-order chi connectivity index (χ0) is 18.6. The van der Waals surface area contributed by atoms with Crippen LogP contribution in [0.2, 0.25) is 0 Å². The Labute approximate surface area is 148 Å². The molecule has 0 aromatic heterocycles. The van der Waals surface area contributed by atoms with Crippen LogP contribution in [0.15, 0.2) is 42.5 Å². The van der Waals surface area contributed by atoms with E-state index in [2.05, 4.69) is 19.2 Å². The molecular weight excluding hydrogens is 316 g/mol. The number of primary amides is 1. The van der Waals surface area contributed by atoms with E-state index in [1.165, 1.54) is 0 Å². The van der Waals surface area contributed by atoms with Crippen LogP contribution in [0.1, 0.15) is 48.2 Å². The average Bonchev–Trinajstić information content (AvgIpc) is 2.55. The number of hydrogen-bond donors (Lipinski definition) is 2. The van der Waals surface area contributed by atoms with Crippen LogP contribution in [0.25, 0.3) is 0 Å². The van der Waals surface area contributed by atoms with Crippen LogP contribution in [-0.4, -0.2) is 17.9 Å². The molecule has 0 unspecified atom stereocenters. The number of nitrogens with two attached hydrogens (primary N) is 1. The van der Waals surface area contributed by atoms with E-state index in [4.69, 9.17) is 10.5 Å². The van der Waals surface area contributed by atoms with E-state index in [0.717, 1.165) is 16.9 Å². The van der Waals surface area contributed by atoms with Crippen molar-refractivity contribution in [2.24, 2.45) is 5.73 Å². The van der Waals surface area contributed by atoms with Crippen molar-refractivity contribution in [2.75, 3.05) is 5.32 Å². The summed E-state index contributed by atoms with van der Waals surface area (Å²) in [4.78, 5) is 23.4. The second kappa shape index (κ2) is 7.83. The first-order valence-corrected chi connectivity index (χ1v) is 8.26. The monoisotopic (exact) mass is 340 g/mol. The molecule has 0 radical (unpaired) electrons. The lowest BCUT2D eigenvalue weighted by atomic mass is 10.0. The van der Waals surface area contributed by atoms with E-state index < -0.39 is 12.0 Å². The Balaban J connectivity index is 2.08. The summed E-state index contributed by atoms with van der Waals surface area (Å²) in [5, 5.41) is 2.78. The molecule has 0 heterocycles. The predicted octanol–water partition coefficient (Wildman–Crippen LogP) is 3.62. The SMILES string of the molecule is Cc1ccc(C(C)C)c(O[C@H](C)C(=O)Nc2ccc(C(N)=O)cc2)c1. The molecule has 0 saturated heterocycles. The van der Waals surface area contributed by atoms with Crippen molar-refractivity contribution < 1.29 is 14.3 Å². The second-order valence-electron chi connectivity index (χ2n) is 6.39. The van der Waals surface area contributed by atoms with Gasteiger partial charge in [0.25, 0.3) is 5.91 Å². The Kier molecular flexibility index (Phi) is 5.80. The van der Waals surface area contributed by atoms with Crippen molar-refractivity contribution >= 4 is 17.5 Å². The number of anilines is 1. The predicted molar refractivity (Wildman–Crippen MR) is 98.9 cm³/mol. The molecule has 0 aliphatic rings. The molecule has 2 aromatic rings. The van der Waals surface area contributed by atoms with Crippen LogP contribution in [0, 0.1) is 6.92 Å². The molecule has 2 amide bonds. The molecule has 0 aliphatic carbocycles. The van der Waals surface area contributed by atoms with Crippen molar-refractivity contribution in [3.8, 4) is 5.75 Å². The average molecular weight is 340 g/mol. The smallest absolute Gasteiger partial charge is 0.265 e. The summed E-state index contributed by atoms with van der Waals surface area (Å²) in [5.74, 6) is 0.257. The summed E-state index contributed by atoms with van der Waals surface area (Å²) < 4.78 is 5.90. The third-order valence-corrected chi connectivity index (χ3v) is 3.90. The fourth-order valence-corrected chi connectivity index (χ4v) is 2.43. The van der Waals surface area contributed by atoms with Gasteiger partial charge >= 0.3 is 0 Å². The molecule has 132 valence electrons. The number of carbonyl (C=O) groups excluding carboxylic acids is 2. The minimum Gasteiger partial charge on any atom is -0.481 e. The molecular formula is C20H24N2O3. The lowest BCUT2D eigenvalue weighted by molar-refractivity contribution is -0.122. The Morgan fingerprint density at radius 1 is 1.04 bits per heavy atom.